The minimum absolute atomic E-state index is 0.262. The third-order valence-electron chi connectivity index (χ3n) is 1.64. The van der Waals surface area contributed by atoms with Crippen molar-refractivity contribution in [1.29, 1.82) is 0 Å². The first-order valence-electron chi connectivity index (χ1n) is 3.89. The van der Waals surface area contributed by atoms with Crippen molar-refractivity contribution in [2.45, 2.75) is 12.6 Å². The van der Waals surface area contributed by atoms with E-state index in [9.17, 15) is 22.8 Å². The van der Waals surface area contributed by atoms with Gasteiger partial charge in [0.2, 0.25) is 0 Å². The Morgan fingerprint density at radius 2 is 1.71 bits per heavy atom. The molecule has 0 atom stereocenters. The Morgan fingerprint density at radius 1 is 1.21 bits per heavy atom. The quantitative estimate of drug-likeness (QED) is 0.487. The molecule has 0 unspecified atom stereocenters. The van der Waals surface area contributed by atoms with Gasteiger partial charge in [0.25, 0.3) is 0 Å². The summed E-state index contributed by atoms with van der Waals surface area (Å²) in [6.45, 7) is -0.881. The van der Waals surface area contributed by atoms with Crippen LogP contribution < -0.4 is 0 Å². The average molecular weight is 211 g/mol. The van der Waals surface area contributed by atoms with Crippen LogP contribution in [0.2, 0.25) is 0 Å². The number of esters is 2. The summed E-state index contributed by atoms with van der Waals surface area (Å²) in [6.07, 6.45) is -5.31. The van der Waals surface area contributed by atoms with E-state index in [-0.39, 0.29) is 19.6 Å². The molecule has 0 aromatic carbocycles. The predicted octanol–water partition coefficient (Wildman–Crippen LogP) is 0.324. The zero-order valence-corrected chi connectivity index (χ0v) is 7.13. The first-order chi connectivity index (χ1) is 6.37. The van der Waals surface area contributed by atoms with E-state index < -0.39 is 24.5 Å². The van der Waals surface area contributed by atoms with Crippen LogP contribution >= 0.6 is 0 Å². The van der Waals surface area contributed by atoms with Crippen LogP contribution in [0, 0.1) is 0 Å². The zero-order chi connectivity index (χ0) is 10.8. The fraction of sp³-hybridized carbons (Fsp3) is 0.714. The molecule has 80 valence electrons. The van der Waals surface area contributed by atoms with Crippen LogP contribution in [-0.4, -0.2) is 42.6 Å². The lowest BCUT2D eigenvalue weighted by Crippen LogP contribution is -2.44. The van der Waals surface area contributed by atoms with Crippen LogP contribution in [0.3, 0.4) is 0 Å². The van der Waals surface area contributed by atoms with Crippen LogP contribution in [-0.2, 0) is 14.3 Å². The number of rotatable bonds is 2. The van der Waals surface area contributed by atoms with E-state index in [0.29, 0.717) is 0 Å². The van der Waals surface area contributed by atoms with Gasteiger partial charge in [-0.2, -0.15) is 13.2 Å². The molecular weight excluding hydrogens is 203 g/mol. The van der Waals surface area contributed by atoms with Crippen molar-refractivity contribution < 1.29 is 27.5 Å². The number of alkyl halides is 3. The normalized spacial score (nSPS) is 19.6. The Morgan fingerprint density at radius 3 is 2.14 bits per heavy atom. The molecule has 0 aromatic heterocycles. The fourth-order valence-electron chi connectivity index (χ4n) is 1.06. The number of ether oxygens (including phenoxy) is 1. The van der Waals surface area contributed by atoms with Gasteiger partial charge in [-0.15, -0.1) is 0 Å². The molecule has 0 aliphatic carbocycles. The number of hydrogen-bond acceptors (Lipinski definition) is 4. The van der Waals surface area contributed by atoms with Crippen molar-refractivity contribution in [3.8, 4) is 0 Å². The summed E-state index contributed by atoms with van der Waals surface area (Å²) in [6, 6.07) is 0. The highest BCUT2D eigenvalue weighted by atomic mass is 19.4. The molecule has 0 saturated carbocycles. The van der Waals surface area contributed by atoms with Crippen LogP contribution in [0.1, 0.15) is 6.42 Å². The molecule has 0 radical (unpaired) electrons. The van der Waals surface area contributed by atoms with Crippen molar-refractivity contribution in [2.75, 3.05) is 19.6 Å². The topological polar surface area (TPSA) is 46.6 Å². The number of hydrogen-bond donors (Lipinski definition) is 0. The molecule has 1 heterocycles. The first kappa shape index (κ1) is 11.0. The van der Waals surface area contributed by atoms with Gasteiger partial charge in [-0.25, -0.2) is 0 Å². The Balaban J connectivity index is 2.38. The van der Waals surface area contributed by atoms with Crippen LogP contribution in [0.15, 0.2) is 0 Å². The van der Waals surface area contributed by atoms with Crippen LogP contribution in [0.25, 0.3) is 0 Å². The lowest BCUT2D eigenvalue weighted by molar-refractivity contribution is -0.170. The monoisotopic (exact) mass is 211 g/mol. The second-order valence-electron chi connectivity index (χ2n) is 2.92. The number of nitrogens with zero attached hydrogens (tertiary/aromatic N) is 1. The van der Waals surface area contributed by atoms with Gasteiger partial charge in [-0.1, -0.05) is 0 Å². The number of halogens is 3. The van der Waals surface area contributed by atoms with Gasteiger partial charge in [0.1, 0.15) is 0 Å². The minimum atomic E-state index is -4.27. The molecule has 14 heavy (non-hydrogen) atoms. The fourth-order valence-corrected chi connectivity index (χ4v) is 1.06. The highest BCUT2D eigenvalue weighted by Gasteiger charge is 2.31. The summed E-state index contributed by atoms with van der Waals surface area (Å²) in [4.78, 5) is 22.4. The Kier molecular flexibility index (Phi) is 3.10. The standard InChI is InChI=1S/C7H8F3NO3/c8-7(9,10)1-2-11-3-5(12)14-6(13)4-11/h1-4H2. The summed E-state index contributed by atoms with van der Waals surface area (Å²) in [5.41, 5.74) is 0. The predicted molar refractivity (Wildman–Crippen MR) is 38.2 cm³/mol. The van der Waals surface area contributed by atoms with Gasteiger partial charge in [-0.3, -0.25) is 14.5 Å². The maximum atomic E-state index is 11.8. The molecule has 0 bridgehead atoms. The summed E-state index contributed by atoms with van der Waals surface area (Å²) in [5.74, 6) is -1.60. The van der Waals surface area contributed by atoms with Gasteiger partial charge in [-0.05, 0) is 0 Å². The molecular formula is C7H8F3NO3. The Bertz CT molecular complexity index is 235. The summed E-state index contributed by atoms with van der Waals surface area (Å²) >= 11 is 0. The van der Waals surface area contributed by atoms with Crippen molar-refractivity contribution in [1.82, 2.24) is 4.90 Å². The molecule has 4 nitrogen and oxygen atoms in total. The van der Waals surface area contributed by atoms with Crippen molar-refractivity contribution in [2.24, 2.45) is 0 Å². The summed E-state index contributed by atoms with van der Waals surface area (Å²) < 4.78 is 39.5. The van der Waals surface area contributed by atoms with Crippen LogP contribution in [0.4, 0.5) is 13.2 Å². The molecule has 1 fully saturated rings. The van der Waals surface area contributed by atoms with Crippen LogP contribution in [0.5, 0.6) is 0 Å². The SMILES string of the molecule is O=C1CN(CCC(F)(F)F)CC(=O)O1. The highest BCUT2D eigenvalue weighted by Crippen LogP contribution is 2.20. The smallest absolute Gasteiger partial charge is 0.390 e. The number of cyclic esters (lactones) is 2. The van der Waals surface area contributed by atoms with E-state index in [2.05, 4.69) is 4.74 Å². The largest absolute Gasteiger partial charge is 0.391 e. The van der Waals surface area contributed by atoms with E-state index in [0.717, 1.165) is 4.90 Å². The van der Waals surface area contributed by atoms with E-state index in [4.69, 9.17) is 0 Å². The number of morpholine rings is 1. The van der Waals surface area contributed by atoms with E-state index in [1.807, 2.05) is 0 Å². The molecule has 1 aliphatic rings. The van der Waals surface area contributed by atoms with Gasteiger partial charge in [0.05, 0.1) is 19.5 Å². The molecule has 1 saturated heterocycles. The van der Waals surface area contributed by atoms with Gasteiger partial charge in [0.15, 0.2) is 0 Å². The minimum Gasteiger partial charge on any atom is -0.391 e. The van der Waals surface area contributed by atoms with E-state index in [1.54, 1.807) is 0 Å². The molecule has 0 spiro atoms. The van der Waals surface area contributed by atoms with E-state index in [1.165, 1.54) is 0 Å². The lowest BCUT2D eigenvalue weighted by Gasteiger charge is -2.24. The average Bonchev–Trinajstić information content (AvgIpc) is 1.97. The first-order valence-corrected chi connectivity index (χ1v) is 3.89. The third kappa shape index (κ3) is 3.73. The second kappa shape index (κ2) is 3.95. The van der Waals surface area contributed by atoms with Gasteiger partial charge in [0, 0.05) is 6.54 Å². The third-order valence-corrected chi connectivity index (χ3v) is 1.64. The van der Waals surface area contributed by atoms with Gasteiger partial charge < -0.3 is 4.74 Å². The Labute approximate surface area is 77.6 Å². The molecule has 0 N–H and O–H groups in total. The second-order valence-corrected chi connectivity index (χ2v) is 2.92. The molecule has 1 rings (SSSR count). The zero-order valence-electron chi connectivity index (χ0n) is 7.13. The Hall–Kier alpha value is -1.11. The molecule has 0 aromatic rings. The highest BCUT2D eigenvalue weighted by molar-refractivity contribution is 5.90. The van der Waals surface area contributed by atoms with Crippen molar-refractivity contribution in [3.63, 3.8) is 0 Å². The van der Waals surface area contributed by atoms with E-state index >= 15 is 0 Å². The van der Waals surface area contributed by atoms with Crippen molar-refractivity contribution >= 4 is 11.9 Å². The molecule has 7 heteroatoms. The maximum absolute atomic E-state index is 11.8. The van der Waals surface area contributed by atoms with Crippen molar-refractivity contribution in [3.05, 3.63) is 0 Å². The molecule has 0 amide bonds. The lowest BCUT2D eigenvalue weighted by atomic mass is 10.3. The summed E-state index contributed by atoms with van der Waals surface area (Å²) in [5, 5.41) is 0. The number of carbonyl (C=O) groups excluding carboxylic acids is 2. The summed E-state index contributed by atoms with van der Waals surface area (Å²) in [7, 11) is 0. The maximum Gasteiger partial charge on any atom is 0.390 e. The molecule has 1 aliphatic heterocycles. The van der Waals surface area contributed by atoms with Gasteiger partial charge >= 0.3 is 18.1 Å². The number of carbonyl (C=O) groups is 2.